The van der Waals surface area contributed by atoms with Gasteiger partial charge < -0.3 is 78.7 Å². The maximum Gasteiger partial charge on any atom is 0.187 e. The highest BCUT2D eigenvalue weighted by Gasteiger charge is 2.69. The van der Waals surface area contributed by atoms with E-state index in [0.29, 0.717) is 48.3 Å². The highest BCUT2D eigenvalue weighted by Crippen LogP contribution is 2.70. The Morgan fingerprint density at radius 1 is 0.683 bits per heavy atom. The average Bonchev–Trinajstić information content (AvgIpc) is 3.66. The lowest BCUT2D eigenvalue weighted by atomic mass is 9.46. The molecule has 26 unspecified atom stereocenters. The zero-order valence-electron chi connectivity index (χ0n) is 35.8. The first-order valence-electron chi connectivity index (χ1n) is 22.7. The van der Waals surface area contributed by atoms with Crippen LogP contribution in [0.4, 0.5) is 0 Å². The third-order valence-electron chi connectivity index (χ3n) is 17.4. The molecule has 5 heterocycles. The summed E-state index contributed by atoms with van der Waals surface area (Å²) in [6, 6.07) is 0. The van der Waals surface area contributed by atoms with E-state index in [4.69, 9.17) is 37.9 Å². The lowest BCUT2D eigenvalue weighted by molar-refractivity contribution is -0.378. The van der Waals surface area contributed by atoms with Gasteiger partial charge in [-0.15, -0.1) is 0 Å². The standard InChI is InChI=1S/C44H70O16/c1-18-9-12-44(54-16-18)19(2)30-28(60-44)15-26-24-8-7-22-13-23(14-29(46)43(22,6)25(24)10-11-42(26,30)5)57-40-36(52)37(32(48)21(4)56-40)58-41-38(33(49)27(45)17-53-41)59-39-35(51)34(50)31(47)20(3)55-39/h7,18-21,23-41,45-52H,8-17H2,1-6H3. The fourth-order valence-corrected chi connectivity index (χ4v) is 13.7. The van der Waals surface area contributed by atoms with Crippen molar-refractivity contribution >= 4 is 0 Å². The van der Waals surface area contributed by atoms with Crippen molar-refractivity contribution in [2.45, 2.75) is 203 Å². The van der Waals surface area contributed by atoms with Crippen LogP contribution in [-0.2, 0) is 37.9 Å². The number of aliphatic hydroxyl groups is 8. The van der Waals surface area contributed by atoms with Gasteiger partial charge >= 0.3 is 0 Å². The van der Waals surface area contributed by atoms with E-state index >= 15 is 0 Å². The molecule has 16 nitrogen and oxygen atoms in total. The van der Waals surface area contributed by atoms with E-state index in [1.807, 2.05) is 0 Å². The summed E-state index contributed by atoms with van der Waals surface area (Å²) >= 11 is 0. The smallest absolute Gasteiger partial charge is 0.187 e. The molecule has 16 heteroatoms. The maximum absolute atomic E-state index is 12.1. The largest absolute Gasteiger partial charge is 0.392 e. The second-order valence-electron chi connectivity index (χ2n) is 20.7. The van der Waals surface area contributed by atoms with Crippen molar-refractivity contribution in [1.29, 1.82) is 0 Å². The van der Waals surface area contributed by atoms with Crippen molar-refractivity contribution in [2.24, 2.45) is 46.3 Å². The van der Waals surface area contributed by atoms with E-state index in [-0.39, 0.29) is 18.1 Å². The van der Waals surface area contributed by atoms with Gasteiger partial charge in [-0.2, -0.15) is 0 Å². The van der Waals surface area contributed by atoms with Crippen molar-refractivity contribution in [2.75, 3.05) is 13.2 Å². The zero-order chi connectivity index (χ0) is 42.8. The predicted molar refractivity (Wildman–Crippen MR) is 208 cm³/mol. The number of allylic oxidation sites excluding steroid dienone is 1. The molecule has 4 aliphatic carbocycles. The topological polar surface area (TPSA) is 236 Å². The highest BCUT2D eigenvalue weighted by molar-refractivity contribution is 5.28. The molecule has 9 rings (SSSR count). The van der Waals surface area contributed by atoms with Crippen molar-refractivity contribution in [3.63, 3.8) is 0 Å². The van der Waals surface area contributed by atoms with Gasteiger partial charge in [0.15, 0.2) is 24.7 Å². The van der Waals surface area contributed by atoms with Gasteiger partial charge in [0.2, 0.25) is 0 Å². The molecule has 9 aliphatic rings. The molecule has 0 radical (unpaired) electrons. The van der Waals surface area contributed by atoms with Gasteiger partial charge in [0.1, 0.15) is 54.9 Å². The Kier molecular flexibility index (Phi) is 12.0. The summed E-state index contributed by atoms with van der Waals surface area (Å²) in [5.74, 6) is 2.12. The monoisotopic (exact) mass is 854 g/mol. The fourth-order valence-electron chi connectivity index (χ4n) is 13.7. The van der Waals surface area contributed by atoms with Crippen LogP contribution in [0.15, 0.2) is 11.6 Å². The first kappa shape index (κ1) is 44.3. The average molecular weight is 855 g/mol. The number of aliphatic hydroxyl groups excluding tert-OH is 8. The van der Waals surface area contributed by atoms with Crippen LogP contribution in [0.1, 0.15) is 92.9 Å². The number of ether oxygens (including phenoxy) is 8. The van der Waals surface area contributed by atoms with Crippen molar-refractivity contribution in [3.8, 4) is 0 Å². The molecule has 0 aromatic rings. The van der Waals surface area contributed by atoms with Gasteiger partial charge in [-0.3, -0.25) is 0 Å². The zero-order valence-corrected chi connectivity index (χ0v) is 35.8. The summed E-state index contributed by atoms with van der Waals surface area (Å²) < 4.78 is 49.2. The van der Waals surface area contributed by atoms with E-state index < -0.39 is 109 Å². The lowest BCUT2D eigenvalue weighted by Crippen LogP contribution is -2.65. The lowest BCUT2D eigenvalue weighted by Gasteiger charge is -2.60. The number of hydrogen-bond acceptors (Lipinski definition) is 16. The van der Waals surface area contributed by atoms with E-state index in [2.05, 4.69) is 33.8 Å². The Balaban J connectivity index is 0.869. The van der Waals surface area contributed by atoms with Crippen molar-refractivity contribution in [3.05, 3.63) is 11.6 Å². The maximum atomic E-state index is 12.1. The van der Waals surface area contributed by atoms with Crippen LogP contribution in [0, 0.1) is 46.3 Å². The van der Waals surface area contributed by atoms with Crippen LogP contribution < -0.4 is 0 Å². The Morgan fingerprint density at radius 2 is 1.38 bits per heavy atom. The second kappa shape index (κ2) is 16.2. The van der Waals surface area contributed by atoms with Gasteiger partial charge in [-0.25, -0.2) is 0 Å². The summed E-state index contributed by atoms with van der Waals surface area (Å²) in [6.07, 6.45) is -11.4. The number of fused-ring (bicyclic) bond motifs is 7. The second-order valence-corrected chi connectivity index (χ2v) is 20.7. The summed E-state index contributed by atoms with van der Waals surface area (Å²) in [4.78, 5) is 0. The first-order chi connectivity index (χ1) is 28.4. The fraction of sp³-hybridized carbons (Fsp3) is 0.955. The molecular weight excluding hydrogens is 784 g/mol. The highest BCUT2D eigenvalue weighted by atomic mass is 16.8. The quantitative estimate of drug-likeness (QED) is 0.173. The van der Waals surface area contributed by atoms with E-state index in [1.165, 1.54) is 6.92 Å². The van der Waals surface area contributed by atoms with Crippen LogP contribution in [0.3, 0.4) is 0 Å². The van der Waals surface area contributed by atoms with Crippen LogP contribution in [0.5, 0.6) is 0 Å². The minimum atomic E-state index is -1.72. The molecule has 8 N–H and O–H groups in total. The normalized spacial score (nSPS) is 59.2. The molecule has 1 spiro atoms. The first-order valence-corrected chi connectivity index (χ1v) is 22.7. The molecule has 0 amide bonds. The van der Waals surface area contributed by atoms with E-state index in [1.54, 1.807) is 6.92 Å². The molecule has 3 saturated carbocycles. The molecule has 0 aromatic heterocycles. The summed E-state index contributed by atoms with van der Waals surface area (Å²) in [5, 5.41) is 87.5. The molecule has 342 valence electrons. The predicted octanol–water partition coefficient (Wildman–Crippen LogP) is 0.852. The van der Waals surface area contributed by atoms with E-state index in [9.17, 15) is 40.9 Å². The molecular formula is C44H70O16. The van der Waals surface area contributed by atoms with Crippen LogP contribution >= 0.6 is 0 Å². The molecule has 8 fully saturated rings. The third kappa shape index (κ3) is 7.01. The van der Waals surface area contributed by atoms with E-state index in [0.717, 1.165) is 50.7 Å². The Hall–Kier alpha value is -0.900. The minimum Gasteiger partial charge on any atom is -0.392 e. The van der Waals surface area contributed by atoms with Gasteiger partial charge in [-0.05, 0) is 87.4 Å². The number of hydrogen-bond donors (Lipinski definition) is 8. The van der Waals surface area contributed by atoms with Gasteiger partial charge in [0, 0.05) is 24.2 Å². The third-order valence-corrected chi connectivity index (χ3v) is 17.4. The van der Waals surface area contributed by atoms with Crippen molar-refractivity contribution < 1.29 is 78.7 Å². The molecule has 5 aliphatic heterocycles. The van der Waals surface area contributed by atoms with Crippen LogP contribution in [0.25, 0.3) is 0 Å². The Labute approximate surface area is 352 Å². The molecule has 26 atom stereocenters. The Bertz CT molecular complexity index is 1580. The van der Waals surface area contributed by atoms with Gasteiger partial charge in [0.25, 0.3) is 0 Å². The minimum absolute atomic E-state index is 0.144. The van der Waals surface area contributed by atoms with Crippen LogP contribution in [-0.4, -0.2) is 164 Å². The molecule has 0 bridgehead atoms. The van der Waals surface area contributed by atoms with Crippen LogP contribution in [0.2, 0.25) is 0 Å². The Morgan fingerprint density at radius 3 is 2.10 bits per heavy atom. The van der Waals surface area contributed by atoms with Gasteiger partial charge in [0.05, 0.1) is 43.7 Å². The molecule has 0 aromatic carbocycles. The summed E-state index contributed by atoms with van der Waals surface area (Å²) in [7, 11) is 0. The summed E-state index contributed by atoms with van der Waals surface area (Å²) in [5.41, 5.74) is 0.876. The van der Waals surface area contributed by atoms with Gasteiger partial charge in [-0.1, -0.05) is 39.3 Å². The SMILES string of the molecule is CC1CCC2(OC1)OC1CC3C4CC=C5CC(OC6OC(C)C(O)C(OC7OCC(O)C(O)C7OC7OC(C)C(O)C(O)C7O)C6O)CC(O)C5(C)C4CCC3(C)C1C2C. The van der Waals surface area contributed by atoms with Crippen molar-refractivity contribution in [1.82, 2.24) is 0 Å². The number of rotatable bonds is 6. The molecule has 5 saturated heterocycles. The molecule has 60 heavy (non-hydrogen) atoms. The summed E-state index contributed by atoms with van der Waals surface area (Å²) in [6.45, 7) is 12.8.